The zero-order valence-corrected chi connectivity index (χ0v) is 20.3. The molecule has 0 radical (unpaired) electrons. The van der Waals surface area contributed by atoms with E-state index >= 15 is 0 Å². The van der Waals surface area contributed by atoms with Crippen molar-refractivity contribution in [2.75, 3.05) is 6.54 Å². The van der Waals surface area contributed by atoms with Gasteiger partial charge >= 0.3 is 5.97 Å². The number of fused-ring (bicyclic) bond motifs is 1. The number of ether oxygens (including phenoxy) is 1. The summed E-state index contributed by atoms with van der Waals surface area (Å²) in [6, 6.07) is 9.06. The fourth-order valence-electron chi connectivity index (χ4n) is 5.37. The Labute approximate surface area is 207 Å². The number of amides is 2. The summed E-state index contributed by atoms with van der Waals surface area (Å²) < 4.78 is 7.62. The van der Waals surface area contributed by atoms with E-state index in [1.54, 1.807) is 12.4 Å². The molecule has 0 saturated heterocycles. The van der Waals surface area contributed by atoms with E-state index in [2.05, 4.69) is 15.3 Å². The number of carbonyl (C=O) groups is 3. The first kappa shape index (κ1) is 22.3. The summed E-state index contributed by atoms with van der Waals surface area (Å²) in [5, 5.41) is 5.21. The number of benzene rings is 1. The summed E-state index contributed by atoms with van der Waals surface area (Å²) in [6.07, 6.45) is 7.83. The molecule has 182 valence electrons. The van der Waals surface area contributed by atoms with Crippen LogP contribution in [0.2, 0.25) is 0 Å². The first-order valence-electron chi connectivity index (χ1n) is 12.0. The summed E-state index contributed by atoms with van der Waals surface area (Å²) >= 11 is 0. The molecule has 36 heavy (non-hydrogen) atoms. The quantitative estimate of drug-likeness (QED) is 0.440. The number of rotatable bonds is 3. The van der Waals surface area contributed by atoms with Gasteiger partial charge in [0.1, 0.15) is 5.60 Å². The lowest BCUT2D eigenvalue weighted by Gasteiger charge is -2.24. The van der Waals surface area contributed by atoms with Gasteiger partial charge in [-0.05, 0) is 50.1 Å². The predicted octanol–water partition coefficient (Wildman–Crippen LogP) is 2.00. The van der Waals surface area contributed by atoms with Crippen molar-refractivity contribution < 1.29 is 19.1 Å². The molecule has 1 aromatic carbocycles. The highest BCUT2D eigenvalue weighted by molar-refractivity contribution is 6.38. The van der Waals surface area contributed by atoms with E-state index in [1.165, 1.54) is 0 Å². The lowest BCUT2D eigenvalue weighted by atomic mass is 9.93. The molecule has 0 bridgehead atoms. The molecule has 2 aliphatic heterocycles. The van der Waals surface area contributed by atoms with Crippen LogP contribution in [0.1, 0.15) is 38.8 Å². The monoisotopic (exact) mass is 482 g/mol. The standard InChI is InChI=1S/C28H26N4O4/c1-28(2,3)36-27(35)16-10-15-8-9-32-21(14-29-12-17(11-16)24(15)32)23-22(25(33)31-26(23)34)19-13-30-20-7-5-4-6-18(19)20/h4-10,13-14,16,21,30H,11-12H2,1-3H3,(H,31,33,34). The number of nitrogens with zero attached hydrogens (tertiary/aromatic N) is 2. The highest BCUT2D eigenvalue weighted by Crippen LogP contribution is 2.35. The Morgan fingerprint density at radius 2 is 1.94 bits per heavy atom. The smallest absolute Gasteiger partial charge is 0.313 e. The maximum absolute atomic E-state index is 13.1. The van der Waals surface area contributed by atoms with Crippen LogP contribution in [-0.4, -0.2) is 45.7 Å². The van der Waals surface area contributed by atoms with E-state index in [-0.39, 0.29) is 5.97 Å². The molecule has 3 aromatic rings. The number of aromatic nitrogens is 2. The first-order chi connectivity index (χ1) is 17.2. The molecule has 2 aromatic heterocycles. The van der Waals surface area contributed by atoms with Crippen LogP contribution < -0.4 is 15.9 Å². The molecule has 1 aliphatic carbocycles. The largest absolute Gasteiger partial charge is 0.460 e. The molecule has 2 unspecified atom stereocenters. The Hall–Kier alpha value is -4.20. The highest BCUT2D eigenvalue weighted by Gasteiger charge is 2.38. The fourth-order valence-corrected chi connectivity index (χ4v) is 5.37. The maximum Gasteiger partial charge on any atom is 0.313 e. The van der Waals surface area contributed by atoms with Crippen LogP contribution in [0.25, 0.3) is 28.1 Å². The Bertz CT molecular complexity index is 1640. The predicted molar refractivity (Wildman–Crippen MR) is 136 cm³/mol. The fraction of sp³-hybridized carbons (Fsp3) is 0.286. The minimum absolute atomic E-state index is 0.261. The minimum atomic E-state index is -0.567. The number of H-pyrrole nitrogens is 1. The maximum atomic E-state index is 13.1. The second kappa shape index (κ2) is 7.91. The van der Waals surface area contributed by atoms with Crippen LogP contribution in [-0.2, 0) is 19.1 Å². The van der Waals surface area contributed by atoms with Crippen molar-refractivity contribution in [2.24, 2.45) is 10.9 Å². The molecule has 0 spiro atoms. The average molecular weight is 483 g/mol. The number of nitrogens with one attached hydrogen (secondary N) is 2. The van der Waals surface area contributed by atoms with E-state index < -0.39 is 29.4 Å². The Kier molecular flexibility index (Phi) is 4.90. The van der Waals surface area contributed by atoms with Crippen LogP contribution in [0, 0.1) is 5.92 Å². The number of carbonyl (C=O) groups excluding carboxylic acids is 3. The molecule has 8 nitrogen and oxygen atoms in total. The summed E-state index contributed by atoms with van der Waals surface area (Å²) in [5.74, 6) is -1.50. The number of imide groups is 1. The van der Waals surface area contributed by atoms with Gasteiger partial charge in [0.2, 0.25) is 0 Å². The van der Waals surface area contributed by atoms with Crippen LogP contribution in [0.3, 0.4) is 0 Å². The number of para-hydroxylation sites is 1. The topological polar surface area (TPSA) is 106 Å². The van der Waals surface area contributed by atoms with Gasteiger partial charge in [-0.15, -0.1) is 0 Å². The molecule has 2 amide bonds. The minimum Gasteiger partial charge on any atom is -0.460 e. The summed E-state index contributed by atoms with van der Waals surface area (Å²) in [5.41, 5.74) is 2.73. The van der Waals surface area contributed by atoms with Crippen molar-refractivity contribution in [1.29, 1.82) is 0 Å². The molecular weight excluding hydrogens is 456 g/mol. The van der Waals surface area contributed by atoms with Gasteiger partial charge in [-0.25, -0.2) is 0 Å². The van der Waals surface area contributed by atoms with Crippen LogP contribution in [0.4, 0.5) is 0 Å². The normalized spacial score (nSPS) is 21.4. The molecule has 3 aliphatic rings. The van der Waals surface area contributed by atoms with Gasteiger partial charge in [0, 0.05) is 40.4 Å². The molecule has 6 rings (SSSR count). The van der Waals surface area contributed by atoms with E-state index in [1.807, 2.05) is 67.9 Å². The Morgan fingerprint density at radius 3 is 2.75 bits per heavy atom. The number of aromatic amines is 1. The van der Waals surface area contributed by atoms with Crippen molar-refractivity contribution in [1.82, 2.24) is 14.9 Å². The van der Waals surface area contributed by atoms with Crippen molar-refractivity contribution in [3.8, 4) is 0 Å². The number of hydrogen-bond acceptors (Lipinski definition) is 5. The van der Waals surface area contributed by atoms with Crippen molar-refractivity contribution >= 4 is 52.1 Å². The number of aliphatic imine (C=N–C) groups is 1. The molecule has 0 saturated carbocycles. The Balaban J connectivity index is 1.49. The first-order valence-corrected chi connectivity index (χ1v) is 12.0. The summed E-state index contributed by atoms with van der Waals surface area (Å²) in [7, 11) is 0. The lowest BCUT2D eigenvalue weighted by Crippen LogP contribution is -2.40. The lowest BCUT2D eigenvalue weighted by molar-refractivity contribution is -0.157. The van der Waals surface area contributed by atoms with E-state index in [0.29, 0.717) is 29.7 Å². The van der Waals surface area contributed by atoms with Gasteiger partial charge in [0.15, 0.2) is 0 Å². The van der Waals surface area contributed by atoms with E-state index in [0.717, 1.165) is 27.0 Å². The third-order valence-electron chi connectivity index (χ3n) is 6.79. The van der Waals surface area contributed by atoms with Gasteiger partial charge in [0.25, 0.3) is 11.8 Å². The average Bonchev–Trinajstić information content (AvgIpc) is 3.47. The van der Waals surface area contributed by atoms with Crippen molar-refractivity contribution in [3.05, 3.63) is 64.4 Å². The second-order valence-electron chi connectivity index (χ2n) is 10.4. The molecule has 2 N–H and O–H groups in total. The van der Waals surface area contributed by atoms with Gasteiger partial charge in [-0.2, -0.15) is 0 Å². The van der Waals surface area contributed by atoms with Gasteiger partial charge in [-0.1, -0.05) is 24.3 Å². The van der Waals surface area contributed by atoms with Crippen LogP contribution in [0.5, 0.6) is 0 Å². The Morgan fingerprint density at radius 1 is 1.14 bits per heavy atom. The third-order valence-corrected chi connectivity index (χ3v) is 6.79. The van der Waals surface area contributed by atoms with Gasteiger partial charge in [-0.3, -0.25) is 24.7 Å². The van der Waals surface area contributed by atoms with Crippen molar-refractivity contribution in [3.63, 3.8) is 0 Å². The molecule has 4 heterocycles. The molecule has 2 atom stereocenters. The molecular formula is C28H26N4O4. The van der Waals surface area contributed by atoms with Crippen LogP contribution >= 0.6 is 0 Å². The highest BCUT2D eigenvalue weighted by atomic mass is 16.6. The van der Waals surface area contributed by atoms with Crippen molar-refractivity contribution in [2.45, 2.75) is 38.8 Å². The summed E-state index contributed by atoms with van der Waals surface area (Å²) in [6.45, 7) is 5.98. The van der Waals surface area contributed by atoms with E-state index in [4.69, 9.17) is 4.74 Å². The third kappa shape index (κ3) is 3.52. The van der Waals surface area contributed by atoms with Crippen LogP contribution in [0.15, 0.2) is 53.3 Å². The van der Waals surface area contributed by atoms with Gasteiger partial charge in [0.05, 0.1) is 29.7 Å². The molecule has 0 fully saturated rings. The zero-order chi connectivity index (χ0) is 25.2. The SMILES string of the molecule is CC(C)(C)OC(=O)C1C=c2ccn3c2=C(CN=CC3C2=C(c3c[nH]c4ccccc34)C(=O)NC2=O)C1. The summed E-state index contributed by atoms with van der Waals surface area (Å²) in [4.78, 5) is 46.8. The van der Waals surface area contributed by atoms with E-state index in [9.17, 15) is 14.4 Å². The second-order valence-corrected chi connectivity index (χ2v) is 10.4. The molecule has 8 heteroatoms. The zero-order valence-electron chi connectivity index (χ0n) is 20.3. The van der Waals surface area contributed by atoms with Gasteiger partial charge < -0.3 is 14.3 Å². The number of hydrogen-bond donors (Lipinski definition) is 2. The number of esters is 1.